The number of nitrogens with one attached hydrogen (secondary N) is 3. The maximum absolute atomic E-state index is 11.7. The smallest absolute Gasteiger partial charge is 0.243 e. The number of carbonyl (C=O) groups is 2. The number of amides is 2. The van der Waals surface area contributed by atoms with Crippen LogP contribution in [0.4, 0.5) is 5.69 Å². The monoisotopic (exact) mass is 355 g/mol. The molecule has 6 nitrogen and oxygen atoms in total. The molecule has 0 aromatic heterocycles. The van der Waals surface area contributed by atoms with Crippen LogP contribution in [0.2, 0.25) is 0 Å². The number of rotatable bonds is 5. The standard InChI is InChI=1S/C14H18BrN3O3/c15-10-1-3-11(4-2-10)18-14(20)8-17-13(19)7-12-9-21-6-5-16-12/h1-4,12,16H,5-9H2,(H,17,19)(H,18,20). The number of hydrogen-bond acceptors (Lipinski definition) is 4. The van der Waals surface area contributed by atoms with E-state index in [1.54, 1.807) is 12.1 Å². The quantitative estimate of drug-likeness (QED) is 0.732. The van der Waals surface area contributed by atoms with E-state index in [0.29, 0.717) is 25.3 Å². The van der Waals surface area contributed by atoms with Crippen LogP contribution in [0.25, 0.3) is 0 Å². The molecule has 2 rings (SSSR count). The van der Waals surface area contributed by atoms with E-state index in [4.69, 9.17) is 4.74 Å². The molecule has 1 atom stereocenters. The highest BCUT2D eigenvalue weighted by molar-refractivity contribution is 9.10. The lowest BCUT2D eigenvalue weighted by molar-refractivity contribution is -0.125. The van der Waals surface area contributed by atoms with Crippen LogP contribution in [0.15, 0.2) is 28.7 Å². The number of hydrogen-bond donors (Lipinski definition) is 3. The Morgan fingerprint density at radius 3 is 2.71 bits per heavy atom. The number of carbonyl (C=O) groups excluding carboxylic acids is 2. The Balaban J connectivity index is 1.68. The molecule has 1 aliphatic rings. The highest BCUT2D eigenvalue weighted by Gasteiger charge is 2.17. The maximum atomic E-state index is 11.7. The van der Waals surface area contributed by atoms with Gasteiger partial charge in [0.15, 0.2) is 0 Å². The summed E-state index contributed by atoms with van der Waals surface area (Å²) in [5.74, 6) is -0.414. The minimum atomic E-state index is -0.251. The second kappa shape index (κ2) is 8.11. The minimum absolute atomic E-state index is 0.0216. The molecular formula is C14H18BrN3O3. The Labute approximate surface area is 131 Å². The lowest BCUT2D eigenvalue weighted by Gasteiger charge is -2.23. The molecule has 0 saturated carbocycles. The molecule has 0 radical (unpaired) electrons. The van der Waals surface area contributed by atoms with Crippen LogP contribution in [0, 0.1) is 0 Å². The van der Waals surface area contributed by atoms with Gasteiger partial charge in [-0.15, -0.1) is 0 Å². The van der Waals surface area contributed by atoms with Crippen molar-refractivity contribution in [1.29, 1.82) is 0 Å². The summed E-state index contributed by atoms with van der Waals surface area (Å²) >= 11 is 3.32. The van der Waals surface area contributed by atoms with E-state index in [1.807, 2.05) is 12.1 Å². The van der Waals surface area contributed by atoms with E-state index in [9.17, 15) is 9.59 Å². The predicted molar refractivity (Wildman–Crippen MR) is 83.0 cm³/mol. The normalized spacial score (nSPS) is 18.0. The summed E-state index contributed by atoms with van der Waals surface area (Å²) in [5.41, 5.74) is 0.694. The van der Waals surface area contributed by atoms with Gasteiger partial charge in [-0.25, -0.2) is 0 Å². The molecule has 3 N–H and O–H groups in total. The third-order valence-corrected chi connectivity index (χ3v) is 3.53. The van der Waals surface area contributed by atoms with Crippen molar-refractivity contribution in [2.75, 3.05) is 31.6 Å². The van der Waals surface area contributed by atoms with Crippen molar-refractivity contribution < 1.29 is 14.3 Å². The molecule has 1 aliphatic heterocycles. The SMILES string of the molecule is O=C(CC1COCCN1)NCC(=O)Nc1ccc(Br)cc1. The highest BCUT2D eigenvalue weighted by atomic mass is 79.9. The summed E-state index contributed by atoms with van der Waals surface area (Å²) in [5, 5.41) is 8.51. The Kier molecular flexibility index (Phi) is 6.16. The van der Waals surface area contributed by atoms with Gasteiger partial charge in [0.1, 0.15) is 0 Å². The number of benzene rings is 1. The molecule has 0 aliphatic carbocycles. The predicted octanol–water partition coefficient (Wildman–Crippen LogP) is 0.882. The van der Waals surface area contributed by atoms with Gasteiger partial charge in [-0.1, -0.05) is 15.9 Å². The summed E-state index contributed by atoms with van der Waals surface area (Å²) in [6, 6.07) is 7.26. The fourth-order valence-corrected chi connectivity index (χ4v) is 2.23. The number of halogens is 1. The fourth-order valence-electron chi connectivity index (χ4n) is 1.96. The van der Waals surface area contributed by atoms with Crippen LogP contribution in [-0.2, 0) is 14.3 Å². The fraction of sp³-hybridized carbons (Fsp3) is 0.429. The van der Waals surface area contributed by atoms with Crippen molar-refractivity contribution in [1.82, 2.24) is 10.6 Å². The van der Waals surface area contributed by atoms with E-state index >= 15 is 0 Å². The molecule has 1 saturated heterocycles. The van der Waals surface area contributed by atoms with Crippen LogP contribution in [0.3, 0.4) is 0 Å². The number of morpholine rings is 1. The van der Waals surface area contributed by atoms with Crippen molar-refractivity contribution in [3.05, 3.63) is 28.7 Å². The van der Waals surface area contributed by atoms with Crippen LogP contribution in [0.1, 0.15) is 6.42 Å². The lowest BCUT2D eigenvalue weighted by atomic mass is 10.2. The Morgan fingerprint density at radius 2 is 2.05 bits per heavy atom. The zero-order valence-corrected chi connectivity index (χ0v) is 13.1. The minimum Gasteiger partial charge on any atom is -0.378 e. The lowest BCUT2D eigenvalue weighted by Crippen LogP contribution is -2.45. The van der Waals surface area contributed by atoms with E-state index in [-0.39, 0.29) is 24.4 Å². The molecule has 21 heavy (non-hydrogen) atoms. The van der Waals surface area contributed by atoms with Crippen LogP contribution in [-0.4, -0.2) is 44.2 Å². The van der Waals surface area contributed by atoms with E-state index in [0.717, 1.165) is 11.0 Å². The summed E-state index contributed by atoms with van der Waals surface area (Å²) in [6.45, 7) is 1.91. The Morgan fingerprint density at radius 1 is 1.29 bits per heavy atom. The zero-order valence-electron chi connectivity index (χ0n) is 11.5. The van der Waals surface area contributed by atoms with E-state index < -0.39 is 0 Å². The average molecular weight is 356 g/mol. The Hall–Kier alpha value is -1.44. The molecular weight excluding hydrogens is 338 g/mol. The van der Waals surface area contributed by atoms with Crippen LogP contribution >= 0.6 is 15.9 Å². The van der Waals surface area contributed by atoms with Gasteiger partial charge in [-0.3, -0.25) is 9.59 Å². The van der Waals surface area contributed by atoms with Crippen molar-refractivity contribution >= 4 is 33.4 Å². The topological polar surface area (TPSA) is 79.5 Å². The molecule has 1 fully saturated rings. The van der Waals surface area contributed by atoms with Gasteiger partial charge in [0.05, 0.1) is 19.8 Å². The van der Waals surface area contributed by atoms with Crippen molar-refractivity contribution in [3.63, 3.8) is 0 Å². The molecule has 114 valence electrons. The van der Waals surface area contributed by atoms with Gasteiger partial charge in [0, 0.05) is 29.2 Å². The van der Waals surface area contributed by atoms with Gasteiger partial charge in [-0.05, 0) is 24.3 Å². The van der Waals surface area contributed by atoms with Gasteiger partial charge < -0.3 is 20.7 Å². The largest absolute Gasteiger partial charge is 0.378 e. The first kappa shape index (κ1) is 15.9. The third kappa shape index (κ3) is 5.82. The summed E-state index contributed by atoms with van der Waals surface area (Å²) in [4.78, 5) is 23.4. The first-order valence-electron chi connectivity index (χ1n) is 6.77. The average Bonchev–Trinajstić information content (AvgIpc) is 2.49. The summed E-state index contributed by atoms with van der Waals surface area (Å²) in [7, 11) is 0. The number of anilines is 1. The second-order valence-corrected chi connectivity index (χ2v) is 5.68. The van der Waals surface area contributed by atoms with Crippen molar-refractivity contribution in [3.8, 4) is 0 Å². The van der Waals surface area contributed by atoms with E-state index in [1.165, 1.54) is 0 Å². The molecule has 1 unspecified atom stereocenters. The van der Waals surface area contributed by atoms with Gasteiger partial charge in [0.25, 0.3) is 0 Å². The molecule has 0 spiro atoms. The van der Waals surface area contributed by atoms with Crippen molar-refractivity contribution in [2.24, 2.45) is 0 Å². The zero-order chi connectivity index (χ0) is 15.1. The molecule has 0 bridgehead atoms. The first-order chi connectivity index (χ1) is 10.1. The van der Waals surface area contributed by atoms with Gasteiger partial charge >= 0.3 is 0 Å². The van der Waals surface area contributed by atoms with E-state index in [2.05, 4.69) is 31.9 Å². The third-order valence-electron chi connectivity index (χ3n) is 3.00. The molecule has 1 aromatic carbocycles. The van der Waals surface area contributed by atoms with Crippen LogP contribution in [0.5, 0.6) is 0 Å². The number of ether oxygens (including phenoxy) is 1. The molecule has 7 heteroatoms. The van der Waals surface area contributed by atoms with Crippen molar-refractivity contribution in [2.45, 2.75) is 12.5 Å². The highest BCUT2D eigenvalue weighted by Crippen LogP contribution is 2.13. The second-order valence-electron chi connectivity index (χ2n) is 4.76. The first-order valence-corrected chi connectivity index (χ1v) is 7.56. The van der Waals surface area contributed by atoms with Crippen LogP contribution < -0.4 is 16.0 Å². The van der Waals surface area contributed by atoms with Gasteiger partial charge in [0.2, 0.25) is 11.8 Å². The molecule has 2 amide bonds. The maximum Gasteiger partial charge on any atom is 0.243 e. The molecule has 1 aromatic rings. The molecule has 1 heterocycles. The Bertz CT molecular complexity index is 487. The van der Waals surface area contributed by atoms with Gasteiger partial charge in [-0.2, -0.15) is 0 Å². The summed E-state index contributed by atoms with van der Waals surface area (Å²) < 4.78 is 6.21. The summed E-state index contributed by atoms with van der Waals surface area (Å²) in [6.07, 6.45) is 0.311.